The Labute approximate surface area is 90.1 Å². The predicted octanol–water partition coefficient (Wildman–Crippen LogP) is 2.13. The summed E-state index contributed by atoms with van der Waals surface area (Å²) in [7, 11) is 1.60. The minimum Gasteiger partial charge on any atom is -0.504 e. The number of methoxy groups -OCH3 is 1. The molecular formula is C12H17NO2. The quantitative estimate of drug-likeness (QED) is 0.780. The van der Waals surface area contributed by atoms with Crippen molar-refractivity contribution in [1.82, 2.24) is 5.32 Å². The van der Waals surface area contributed by atoms with Gasteiger partial charge in [-0.3, -0.25) is 0 Å². The van der Waals surface area contributed by atoms with Gasteiger partial charge in [0.15, 0.2) is 11.5 Å². The van der Waals surface area contributed by atoms with Gasteiger partial charge in [0.1, 0.15) is 0 Å². The third kappa shape index (κ3) is 1.79. The Balaban J connectivity index is 2.41. The van der Waals surface area contributed by atoms with Crippen LogP contribution < -0.4 is 10.1 Å². The zero-order chi connectivity index (χ0) is 10.8. The molecule has 1 heterocycles. The number of aromatic hydroxyl groups is 1. The lowest BCUT2D eigenvalue weighted by atomic mass is 10.0. The van der Waals surface area contributed by atoms with E-state index in [2.05, 4.69) is 5.32 Å². The van der Waals surface area contributed by atoms with Gasteiger partial charge in [0, 0.05) is 11.6 Å². The van der Waals surface area contributed by atoms with Crippen molar-refractivity contribution in [3.63, 3.8) is 0 Å². The molecule has 3 nitrogen and oxygen atoms in total. The van der Waals surface area contributed by atoms with Crippen molar-refractivity contribution in [2.45, 2.75) is 25.8 Å². The number of ether oxygens (including phenoxy) is 1. The first-order valence-corrected chi connectivity index (χ1v) is 5.34. The van der Waals surface area contributed by atoms with Crippen LogP contribution in [0.1, 0.15) is 30.0 Å². The fraction of sp³-hybridized carbons (Fsp3) is 0.500. The van der Waals surface area contributed by atoms with E-state index < -0.39 is 0 Å². The van der Waals surface area contributed by atoms with Crippen molar-refractivity contribution in [3.8, 4) is 11.5 Å². The topological polar surface area (TPSA) is 41.5 Å². The first kappa shape index (κ1) is 10.3. The molecule has 1 aliphatic heterocycles. The largest absolute Gasteiger partial charge is 0.504 e. The number of benzene rings is 1. The van der Waals surface area contributed by atoms with Crippen LogP contribution in [0, 0.1) is 6.92 Å². The monoisotopic (exact) mass is 207 g/mol. The van der Waals surface area contributed by atoms with Crippen molar-refractivity contribution >= 4 is 0 Å². The van der Waals surface area contributed by atoms with E-state index in [1.54, 1.807) is 7.11 Å². The molecular weight excluding hydrogens is 190 g/mol. The summed E-state index contributed by atoms with van der Waals surface area (Å²) in [5.41, 5.74) is 1.92. The maximum absolute atomic E-state index is 9.89. The van der Waals surface area contributed by atoms with E-state index in [0.717, 1.165) is 24.1 Å². The molecule has 1 fully saturated rings. The predicted molar refractivity (Wildman–Crippen MR) is 59.4 cm³/mol. The molecule has 82 valence electrons. The summed E-state index contributed by atoms with van der Waals surface area (Å²) in [5.74, 6) is 0.887. The summed E-state index contributed by atoms with van der Waals surface area (Å²) in [6.45, 7) is 2.92. The van der Waals surface area contributed by atoms with Crippen LogP contribution in [0.3, 0.4) is 0 Å². The van der Waals surface area contributed by atoms with E-state index in [-0.39, 0.29) is 5.75 Å². The van der Waals surface area contributed by atoms with Crippen molar-refractivity contribution in [2.24, 2.45) is 0 Å². The fourth-order valence-electron chi connectivity index (χ4n) is 2.12. The standard InChI is InChI=1S/C12H17NO2/c1-8-5-6-9(10-4-3-7-13-10)12(15-2)11(8)14/h5-6,10,13-14H,3-4,7H2,1-2H3. The van der Waals surface area contributed by atoms with Gasteiger partial charge in [-0.15, -0.1) is 0 Å². The van der Waals surface area contributed by atoms with Crippen LogP contribution in [0.25, 0.3) is 0 Å². The Kier molecular flexibility index (Phi) is 2.82. The zero-order valence-electron chi connectivity index (χ0n) is 9.21. The van der Waals surface area contributed by atoms with Gasteiger partial charge in [-0.05, 0) is 31.9 Å². The third-order valence-corrected chi connectivity index (χ3v) is 3.00. The smallest absolute Gasteiger partial charge is 0.165 e. The molecule has 1 unspecified atom stereocenters. The number of hydrogen-bond acceptors (Lipinski definition) is 3. The highest BCUT2D eigenvalue weighted by Crippen LogP contribution is 2.38. The Morgan fingerprint density at radius 3 is 2.87 bits per heavy atom. The normalized spacial score (nSPS) is 20.5. The molecule has 0 amide bonds. The highest BCUT2D eigenvalue weighted by Gasteiger charge is 2.22. The lowest BCUT2D eigenvalue weighted by Crippen LogP contribution is -2.13. The Morgan fingerprint density at radius 2 is 2.27 bits per heavy atom. The van der Waals surface area contributed by atoms with E-state index in [1.165, 1.54) is 6.42 Å². The minimum absolute atomic E-state index is 0.267. The molecule has 0 radical (unpaired) electrons. The molecule has 1 aromatic carbocycles. The fourth-order valence-corrected chi connectivity index (χ4v) is 2.12. The summed E-state index contributed by atoms with van der Waals surface area (Å²) >= 11 is 0. The molecule has 1 aromatic rings. The second kappa shape index (κ2) is 4.11. The first-order chi connectivity index (χ1) is 7.24. The summed E-state index contributed by atoms with van der Waals surface area (Å²) in [5, 5.41) is 13.3. The molecule has 0 aliphatic carbocycles. The van der Waals surface area contributed by atoms with E-state index in [1.807, 2.05) is 19.1 Å². The van der Waals surface area contributed by atoms with E-state index in [0.29, 0.717) is 11.8 Å². The Morgan fingerprint density at radius 1 is 1.47 bits per heavy atom. The highest BCUT2D eigenvalue weighted by molar-refractivity contribution is 5.51. The van der Waals surface area contributed by atoms with Crippen molar-refractivity contribution in [3.05, 3.63) is 23.3 Å². The van der Waals surface area contributed by atoms with Crippen LogP contribution in [0.5, 0.6) is 11.5 Å². The van der Waals surface area contributed by atoms with Crippen LogP contribution in [0.4, 0.5) is 0 Å². The van der Waals surface area contributed by atoms with Crippen LogP contribution in [-0.2, 0) is 0 Å². The molecule has 0 aromatic heterocycles. The molecule has 2 N–H and O–H groups in total. The molecule has 0 bridgehead atoms. The number of nitrogens with one attached hydrogen (secondary N) is 1. The summed E-state index contributed by atoms with van der Waals surface area (Å²) in [4.78, 5) is 0. The van der Waals surface area contributed by atoms with Gasteiger partial charge in [-0.1, -0.05) is 12.1 Å². The Bertz CT molecular complexity index is 357. The molecule has 0 saturated carbocycles. The van der Waals surface area contributed by atoms with Gasteiger partial charge in [0.25, 0.3) is 0 Å². The van der Waals surface area contributed by atoms with Gasteiger partial charge >= 0.3 is 0 Å². The van der Waals surface area contributed by atoms with Gasteiger partial charge < -0.3 is 15.2 Å². The maximum Gasteiger partial charge on any atom is 0.165 e. The average molecular weight is 207 g/mol. The number of aryl methyl sites for hydroxylation is 1. The molecule has 1 atom stereocenters. The SMILES string of the molecule is COc1c(C2CCCN2)ccc(C)c1O. The average Bonchev–Trinajstić information content (AvgIpc) is 2.75. The number of phenolic OH excluding ortho intramolecular Hbond substituents is 1. The lowest BCUT2D eigenvalue weighted by Gasteiger charge is -2.17. The first-order valence-electron chi connectivity index (χ1n) is 5.34. The molecule has 0 spiro atoms. The van der Waals surface area contributed by atoms with E-state index in [4.69, 9.17) is 4.74 Å². The van der Waals surface area contributed by atoms with Gasteiger partial charge in [-0.2, -0.15) is 0 Å². The zero-order valence-corrected chi connectivity index (χ0v) is 9.21. The molecule has 3 heteroatoms. The minimum atomic E-state index is 0.267. The molecule has 1 saturated heterocycles. The summed E-state index contributed by atoms with van der Waals surface area (Å²) < 4.78 is 5.28. The highest BCUT2D eigenvalue weighted by atomic mass is 16.5. The van der Waals surface area contributed by atoms with Crippen molar-refractivity contribution < 1.29 is 9.84 Å². The Hall–Kier alpha value is -1.22. The van der Waals surface area contributed by atoms with Crippen molar-refractivity contribution in [2.75, 3.05) is 13.7 Å². The number of phenols is 1. The van der Waals surface area contributed by atoms with Crippen LogP contribution in [0.15, 0.2) is 12.1 Å². The molecule has 15 heavy (non-hydrogen) atoms. The van der Waals surface area contributed by atoms with E-state index >= 15 is 0 Å². The summed E-state index contributed by atoms with van der Waals surface area (Å²) in [6.07, 6.45) is 2.29. The lowest BCUT2D eigenvalue weighted by molar-refractivity contribution is 0.363. The van der Waals surface area contributed by atoms with E-state index in [9.17, 15) is 5.11 Å². The molecule has 1 aliphatic rings. The van der Waals surface area contributed by atoms with Gasteiger partial charge in [0.05, 0.1) is 7.11 Å². The third-order valence-electron chi connectivity index (χ3n) is 3.00. The second-order valence-electron chi connectivity index (χ2n) is 4.00. The van der Waals surface area contributed by atoms with Crippen LogP contribution in [0.2, 0.25) is 0 Å². The maximum atomic E-state index is 9.89. The van der Waals surface area contributed by atoms with Crippen LogP contribution >= 0.6 is 0 Å². The number of rotatable bonds is 2. The summed E-state index contributed by atoms with van der Waals surface area (Å²) in [6, 6.07) is 4.30. The number of hydrogen-bond donors (Lipinski definition) is 2. The van der Waals surface area contributed by atoms with Gasteiger partial charge in [-0.25, -0.2) is 0 Å². The van der Waals surface area contributed by atoms with Crippen LogP contribution in [-0.4, -0.2) is 18.8 Å². The van der Waals surface area contributed by atoms with Gasteiger partial charge in [0.2, 0.25) is 0 Å². The molecule has 2 rings (SSSR count). The van der Waals surface area contributed by atoms with Crippen molar-refractivity contribution in [1.29, 1.82) is 0 Å². The second-order valence-corrected chi connectivity index (χ2v) is 4.00.